The van der Waals surface area contributed by atoms with Crippen molar-refractivity contribution >= 4 is 41.5 Å². The number of halogens is 1. The number of aryl methyl sites for hydroxylation is 1. The van der Waals surface area contributed by atoms with Crippen molar-refractivity contribution in [2.24, 2.45) is 12.0 Å². The number of aliphatic imine (C=N–C) groups is 1. The first-order valence-electron chi connectivity index (χ1n) is 11.7. The van der Waals surface area contributed by atoms with Gasteiger partial charge in [0.2, 0.25) is 5.91 Å². The number of carbonyl (C=O) groups excluding carboxylic acids is 1. The van der Waals surface area contributed by atoms with Gasteiger partial charge in [-0.25, -0.2) is 0 Å². The summed E-state index contributed by atoms with van der Waals surface area (Å²) in [5, 5.41) is 7.63. The molecular weight excluding hydrogens is 529 g/mol. The van der Waals surface area contributed by atoms with E-state index in [4.69, 9.17) is 0 Å². The highest BCUT2D eigenvalue weighted by Gasteiger charge is 2.27. The van der Waals surface area contributed by atoms with E-state index < -0.39 is 0 Å². The Morgan fingerprint density at radius 1 is 1.09 bits per heavy atom. The highest BCUT2D eigenvalue weighted by atomic mass is 127. The lowest BCUT2D eigenvalue weighted by Crippen LogP contribution is -2.55. The Morgan fingerprint density at radius 3 is 2.52 bits per heavy atom. The normalized spacial score (nSPS) is 18.1. The van der Waals surface area contributed by atoms with E-state index in [1.54, 1.807) is 22.8 Å². The summed E-state index contributed by atoms with van der Waals surface area (Å²) in [6.45, 7) is 5.78. The van der Waals surface area contributed by atoms with E-state index in [1.165, 1.54) is 49.9 Å². The smallest absolute Gasteiger partial charge is 0.246 e. The van der Waals surface area contributed by atoms with Gasteiger partial charge in [-0.1, -0.05) is 37.1 Å². The van der Waals surface area contributed by atoms with Gasteiger partial charge in [0, 0.05) is 46.5 Å². The molecule has 3 heterocycles. The van der Waals surface area contributed by atoms with Crippen LogP contribution in [-0.2, 0) is 24.9 Å². The number of anilines is 1. The zero-order chi connectivity index (χ0) is 22.3. The number of likely N-dealkylation sites (tertiary alicyclic amines) is 1. The molecule has 0 aliphatic carbocycles. The molecule has 1 amide bonds. The van der Waals surface area contributed by atoms with Gasteiger partial charge in [-0.3, -0.25) is 19.4 Å². The Balaban J connectivity index is 0.00000306. The number of guanidine groups is 1. The predicted octanol–water partition coefficient (Wildman–Crippen LogP) is 2.84. The number of nitrogens with zero attached hydrogens (tertiary/aromatic N) is 6. The molecule has 2 fully saturated rings. The number of amides is 1. The van der Waals surface area contributed by atoms with Crippen molar-refractivity contribution in [3.05, 3.63) is 47.8 Å². The maximum Gasteiger partial charge on any atom is 0.246 e. The van der Waals surface area contributed by atoms with Gasteiger partial charge < -0.3 is 15.1 Å². The van der Waals surface area contributed by atoms with Crippen molar-refractivity contribution in [2.45, 2.75) is 38.8 Å². The van der Waals surface area contributed by atoms with Crippen molar-refractivity contribution in [3.63, 3.8) is 0 Å². The third kappa shape index (κ3) is 6.92. The fraction of sp³-hybridized carbons (Fsp3) is 0.542. The standard InChI is InChI=1S/C24H35N7O.HI/c1-25-24(30-12-13-31(23(32)19-30)22-16-27-28(2)18-22)26-15-20-8-7-9-21(14-20)17-29-10-5-3-4-6-11-29;/h7-9,14,16,18H,3-6,10-13,15,17,19H2,1-2H3,(H,25,26);1H. The lowest BCUT2D eigenvalue weighted by atomic mass is 10.1. The van der Waals surface area contributed by atoms with Gasteiger partial charge in [0.15, 0.2) is 5.96 Å². The molecule has 2 aliphatic rings. The summed E-state index contributed by atoms with van der Waals surface area (Å²) >= 11 is 0. The van der Waals surface area contributed by atoms with E-state index in [0.717, 1.165) is 24.7 Å². The summed E-state index contributed by atoms with van der Waals surface area (Å²) in [6.07, 6.45) is 8.95. The molecule has 1 aromatic heterocycles. The van der Waals surface area contributed by atoms with Crippen LogP contribution >= 0.6 is 24.0 Å². The lowest BCUT2D eigenvalue weighted by Gasteiger charge is -2.35. The van der Waals surface area contributed by atoms with Crippen molar-refractivity contribution in [1.29, 1.82) is 0 Å². The molecule has 33 heavy (non-hydrogen) atoms. The zero-order valence-corrected chi connectivity index (χ0v) is 22.1. The van der Waals surface area contributed by atoms with Gasteiger partial charge >= 0.3 is 0 Å². The first-order chi connectivity index (χ1) is 15.6. The van der Waals surface area contributed by atoms with Crippen LogP contribution in [0, 0.1) is 0 Å². The average molecular weight is 566 g/mol. The summed E-state index contributed by atoms with van der Waals surface area (Å²) in [5.74, 6) is 0.828. The van der Waals surface area contributed by atoms with E-state index in [2.05, 4.69) is 44.6 Å². The second-order valence-electron chi connectivity index (χ2n) is 8.75. The molecule has 0 bridgehead atoms. The second kappa shape index (κ2) is 12.4. The van der Waals surface area contributed by atoms with Crippen LogP contribution < -0.4 is 10.2 Å². The number of nitrogens with one attached hydrogen (secondary N) is 1. The molecule has 8 nitrogen and oxygen atoms in total. The van der Waals surface area contributed by atoms with Crippen LogP contribution in [0.2, 0.25) is 0 Å². The summed E-state index contributed by atoms with van der Waals surface area (Å²) < 4.78 is 1.72. The predicted molar refractivity (Wildman–Crippen MR) is 143 cm³/mol. The van der Waals surface area contributed by atoms with Gasteiger partial charge in [-0.2, -0.15) is 5.10 Å². The Morgan fingerprint density at radius 2 is 1.85 bits per heavy atom. The minimum absolute atomic E-state index is 0. The molecule has 2 aromatic rings. The second-order valence-corrected chi connectivity index (χ2v) is 8.75. The third-order valence-electron chi connectivity index (χ3n) is 6.28. The van der Waals surface area contributed by atoms with Gasteiger partial charge in [0.1, 0.15) is 6.54 Å². The van der Waals surface area contributed by atoms with Gasteiger partial charge in [0.05, 0.1) is 11.9 Å². The number of piperazine rings is 1. The number of rotatable bonds is 5. The molecular formula is C24H36IN7O. The van der Waals surface area contributed by atoms with Crippen molar-refractivity contribution in [2.75, 3.05) is 44.7 Å². The number of aromatic nitrogens is 2. The van der Waals surface area contributed by atoms with Gasteiger partial charge in [-0.15, -0.1) is 24.0 Å². The first kappa shape index (κ1) is 25.5. The minimum Gasteiger partial charge on any atom is -0.352 e. The summed E-state index contributed by atoms with van der Waals surface area (Å²) in [6, 6.07) is 8.80. The fourth-order valence-electron chi connectivity index (χ4n) is 4.58. The number of hydrogen-bond donors (Lipinski definition) is 1. The van der Waals surface area contributed by atoms with E-state index in [-0.39, 0.29) is 29.9 Å². The van der Waals surface area contributed by atoms with Crippen LogP contribution in [0.4, 0.5) is 5.69 Å². The zero-order valence-electron chi connectivity index (χ0n) is 19.7. The quantitative estimate of drug-likeness (QED) is 0.343. The van der Waals surface area contributed by atoms with E-state index >= 15 is 0 Å². The maximum absolute atomic E-state index is 12.7. The molecule has 4 rings (SSSR count). The Hall–Kier alpha value is -2.14. The molecule has 0 radical (unpaired) electrons. The first-order valence-corrected chi connectivity index (χ1v) is 11.7. The number of benzene rings is 1. The molecule has 2 saturated heterocycles. The Labute approximate surface area is 214 Å². The number of hydrogen-bond acceptors (Lipinski definition) is 4. The van der Waals surface area contributed by atoms with Gasteiger partial charge in [-0.05, 0) is 37.1 Å². The highest BCUT2D eigenvalue weighted by Crippen LogP contribution is 2.17. The summed E-state index contributed by atoms with van der Waals surface area (Å²) in [5.41, 5.74) is 3.45. The molecule has 180 valence electrons. The molecule has 0 spiro atoms. The van der Waals surface area contributed by atoms with Crippen LogP contribution in [0.3, 0.4) is 0 Å². The highest BCUT2D eigenvalue weighted by molar-refractivity contribution is 14.0. The van der Waals surface area contributed by atoms with Crippen LogP contribution in [0.5, 0.6) is 0 Å². The van der Waals surface area contributed by atoms with Gasteiger partial charge in [0.25, 0.3) is 0 Å². The Bertz CT molecular complexity index is 936. The molecule has 1 aromatic carbocycles. The molecule has 9 heteroatoms. The van der Waals surface area contributed by atoms with Crippen LogP contribution in [0.15, 0.2) is 41.7 Å². The van der Waals surface area contributed by atoms with Crippen LogP contribution in [0.25, 0.3) is 0 Å². The largest absolute Gasteiger partial charge is 0.352 e. The van der Waals surface area contributed by atoms with Crippen molar-refractivity contribution in [3.8, 4) is 0 Å². The van der Waals surface area contributed by atoms with E-state index in [9.17, 15) is 4.79 Å². The van der Waals surface area contributed by atoms with E-state index in [0.29, 0.717) is 19.6 Å². The molecule has 1 N–H and O–H groups in total. The third-order valence-corrected chi connectivity index (χ3v) is 6.28. The lowest BCUT2D eigenvalue weighted by molar-refractivity contribution is -0.120. The fourth-order valence-corrected chi connectivity index (χ4v) is 4.58. The molecule has 0 atom stereocenters. The molecule has 2 aliphatic heterocycles. The average Bonchev–Trinajstić information content (AvgIpc) is 3.06. The van der Waals surface area contributed by atoms with E-state index in [1.807, 2.05) is 18.1 Å². The minimum atomic E-state index is 0. The molecule has 0 unspecified atom stereocenters. The Kier molecular flexibility index (Phi) is 9.54. The number of carbonyl (C=O) groups is 1. The van der Waals surface area contributed by atoms with Crippen LogP contribution in [0.1, 0.15) is 36.8 Å². The molecule has 0 saturated carbocycles. The van der Waals surface area contributed by atoms with Crippen molar-refractivity contribution < 1.29 is 4.79 Å². The summed E-state index contributed by atoms with van der Waals surface area (Å²) in [7, 11) is 3.63. The van der Waals surface area contributed by atoms with Crippen LogP contribution in [-0.4, -0.2) is 71.2 Å². The maximum atomic E-state index is 12.7. The monoisotopic (exact) mass is 565 g/mol. The topological polar surface area (TPSA) is 69.0 Å². The van der Waals surface area contributed by atoms with Crippen molar-refractivity contribution in [1.82, 2.24) is 24.9 Å². The SMILES string of the molecule is CN=C(NCc1cccc(CN2CCCCCC2)c1)N1CCN(c2cnn(C)c2)C(=O)C1.I. The summed E-state index contributed by atoms with van der Waals surface area (Å²) in [4.78, 5) is 23.5.